The van der Waals surface area contributed by atoms with Crippen LogP contribution in [0.1, 0.15) is 27.8 Å². The molecule has 0 atom stereocenters. The van der Waals surface area contributed by atoms with E-state index in [1.165, 1.54) is 60.8 Å². The van der Waals surface area contributed by atoms with Gasteiger partial charge in [0.1, 0.15) is 0 Å². The third-order valence-electron chi connectivity index (χ3n) is 13.3. The van der Waals surface area contributed by atoms with Crippen molar-refractivity contribution >= 4 is 39.1 Å². The first-order valence-corrected chi connectivity index (χ1v) is 21.9. The lowest BCUT2D eigenvalue weighted by Crippen LogP contribution is -2.36. The molecule has 11 aromatic rings. The normalized spacial score (nSPS) is 13.2. The Morgan fingerprint density at radius 1 is 0.375 bits per heavy atom. The molecule has 0 N–H and O–H groups in total. The van der Waals surface area contributed by atoms with Crippen molar-refractivity contribution in [2.24, 2.45) is 0 Å². The number of fused-ring (bicyclic) bond motifs is 12. The molecule has 0 radical (unpaired) electrons. The van der Waals surface area contributed by atoms with Crippen LogP contribution in [0.15, 0.2) is 218 Å². The second kappa shape index (κ2) is 14.1. The van der Waals surface area contributed by atoms with Crippen LogP contribution in [-0.2, 0) is 5.41 Å². The first-order chi connectivity index (χ1) is 31.6. The number of hydrogen-bond acceptors (Lipinski definition) is 4. The van der Waals surface area contributed by atoms with E-state index in [-0.39, 0.29) is 0 Å². The Hall–Kier alpha value is -8.41. The maximum absolute atomic E-state index is 5.37. The van der Waals surface area contributed by atoms with Gasteiger partial charge in [-0.2, -0.15) is 9.97 Å². The van der Waals surface area contributed by atoms with Crippen LogP contribution in [0.3, 0.4) is 0 Å². The van der Waals surface area contributed by atoms with Crippen molar-refractivity contribution in [2.75, 3.05) is 4.90 Å². The number of benzene rings is 9. The summed E-state index contributed by atoms with van der Waals surface area (Å²) in [6, 6.07) is 78.7. The van der Waals surface area contributed by atoms with Gasteiger partial charge in [-0.25, -0.2) is 4.98 Å². The van der Waals surface area contributed by atoms with Gasteiger partial charge in [-0.15, -0.1) is 0 Å². The molecule has 1 aliphatic heterocycles. The largest absolute Gasteiger partial charge is 0.309 e. The fourth-order valence-electron chi connectivity index (χ4n) is 10.5. The van der Waals surface area contributed by atoms with Crippen molar-refractivity contribution < 1.29 is 0 Å². The first kappa shape index (κ1) is 36.3. The molecule has 3 heterocycles. The summed E-state index contributed by atoms with van der Waals surface area (Å²) in [7, 11) is 0. The van der Waals surface area contributed by atoms with Gasteiger partial charge in [0.2, 0.25) is 5.95 Å². The van der Waals surface area contributed by atoms with Gasteiger partial charge in [-0.3, -0.25) is 4.90 Å². The molecule has 64 heavy (non-hydrogen) atoms. The highest BCUT2D eigenvalue weighted by Gasteiger charge is 2.52. The molecule has 2 aromatic heterocycles. The maximum atomic E-state index is 5.37. The van der Waals surface area contributed by atoms with E-state index in [4.69, 9.17) is 15.0 Å². The van der Waals surface area contributed by atoms with E-state index in [2.05, 4.69) is 198 Å². The molecule has 5 nitrogen and oxygen atoms in total. The molecule has 13 rings (SSSR count). The zero-order chi connectivity index (χ0) is 42.4. The van der Waals surface area contributed by atoms with Gasteiger partial charge in [-0.1, -0.05) is 181 Å². The number of rotatable bonds is 5. The Labute approximate surface area is 371 Å². The Morgan fingerprint density at radius 3 is 1.59 bits per heavy atom. The monoisotopic (exact) mass is 817 g/mol. The van der Waals surface area contributed by atoms with Gasteiger partial charge in [0.15, 0.2) is 11.6 Å². The molecule has 0 bridgehead atoms. The van der Waals surface area contributed by atoms with Gasteiger partial charge >= 0.3 is 0 Å². The molecule has 9 aromatic carbocycles. The topological polar surface area (TPSA) is 46.8 Å². The molecule has 300 valence electrons. The van der Waals surface area contributed by atoms with Crippen molar-refractivity contribution in [2.45, 2.75) is 12.3 Å². The first-order valence-electron chi connectivity index (χ1n) is 21.9. The average molecular weight is 818 g/mol. The summed E-state index contributed by atoms with van der Waals surface area (Å²) >= 11 is 0. The van der Waals surface area contributed by atoms with Crippen molar-refractivity contribution in [1.29, 1.82) is 0 Å². The van der Waals surface area contributed by atoms with E-state index in [9.17, 15) is 0 Å². The summed E-state index contributed by atoms with van der Waals surface area (Å²) in [5.74, 6) is 1.79. The third kappa shape index (κ3) is 5.28. The Balaban J connectivity index is 1.10. The Kier molecular flexibility index (Phi) is 7.97. The minimum atomic E-state index is -0.600. The summed E-state index contributed by atoms with van der Waals surface area (Å²) in [6.45, 7) is 2.14. The molecule has 1 aliphatic carbocycles. The second-order valence-corrected chi connectivity index (χ2v) is 16.9. The van der Waals surface area contributed by atoms with Crippen molar-refractivity contribution in [1.82, 2.24) is 19.5 Å². The molecule has 0 unspecified atom stereocenters. The lowest BCUT2D eigenvalue weighted by Gasteiger charge is -2.44. The van der Waals surface area contributed by atoms with Crippen molar-refractivity contribution in [3.63, 3.8) is 0 Å². The second-order valence-electron chi connectivity index (χ2n) is 16.9. The fourth-order valence-corrected chi connectivity index (χ4v) is 10.5. The smallest absolute Gasteiger partial charge is 0.238 e. The highest BCUT2D eigenvalue weighted by Crippen LogP contribution is 2.63. The molecule has 0 fully saturated rings. The van der Waals surface area contributed by atoms with E-state index in [0.29, 0.717) is 17.6 Å². The zero-order valence-electron chi connectivity index (χ0n) is 35.0. The lowest BCUT2D eigenvalue weighted by atomic mass is 9.64. The Morgan fingerprint density at radius 2 is 0.906 bits per heavy atom. The van der Waals surface area contributed by atoms with Crippen molar-refractivity contribution in [3.05, 3.63) is 246 Å². The molecule has 2 aliphatic rings. The summed E-state index contributed by atoms with van der Waals surface area (Å²) in [6.07, 6.45) is 0. The molecule has 0 saturated heterocycles. The summed E-state index contributed by atoms with van der Waals surface area (Å²) in [4.78, 5) is 18.1. The standard InChI is InChI=1S/C59H39N5/c1-38-28-32-43(33-29-38)63-52-26-14-10-22-46(52)47-36-41(31-35-53(47)63)42-30-34-51-55(37-42)64(58-61-56(39-16-4-2-5-17-39)60-57(62-58)40-18-6-3-7-19-40)54-27-15-13-25-50(54)59(51)48-23-11-8-20-44(48)45-21-9-12-24-49(45)59/h2-37H,1H3. The van der Waals surface area contributed by atoms with Gasteiger partial charge < -0.3 is 4.57 Å². The summed E-state index contributed by atoms with van der Waals surface area (Å²) in [5.41, 5.74) is 17.7. The number of nitrogens with zero attached hydrogens (tertiary/aromatic N) is 5. The minimum Gasteiger partial charge on any atom is -0.309 e. The highest BCUT2D eigenvalue weighted by atomic mass is 15.3. The van der Waals surface area contributed by atoms with Gasteiger partial charge in [0.05, 0.1) is 27.8 Å². The van der Waals surface area contributed by atoms with Gasteiger partial charge in [0, 0.05) is 27.6 Å². The van der Waals surface area contributed by atoms with E-state index >= 15 is 0 Å². The number of aryl methyl sites for hydroxylation is 1. The summed E-state index contributed by atoms with van der Waals surface area (Å²) < 4.78 is 2.38. The number of para-hydroxylation sites is 2. The number of anilines is 3. The quantitative estimate of drug-likeness (QED) is 0.174. The van der Waals surface area contributed by atoms with E-state index in [1.54, 1.807) is 0 Å². The van der Waals surface area contributed by atoms with Gasteiger partial charge in [-0.05, 0) is 93.9 Å². The molecule has 1 spiro atoms. The molecule has 0 amide bonds. The molecule has 5 heteroatoms. The van der Waals surface area contributed by atoms with Crippen LogP contribution in [0, 0.1) is 6.92 Å². The minimum absolute atomic E-state index is 0.560. The van der Waals surface area contributed by atoms with Crippen LogP contribution in [-0.4, -0.2) is 19.5 Å². The third-order valence-corrected chi connectivity index (χ3v) is 13.3. The molecular weight excluding hydrogens is 779 g/mol. The maximum Gasteiger partial charge on any atom is 0.238 e. The predicted octanol–water partition coefficient (Wildman–Crippen LogP) is 14.4. The zero-order valence-corrected chi connectivity index (χ0v) is 35.0. The van der Waals surface area contributed by atoms with E-state index < -0.39 is 5.41 Å². The van der Waals surface area contributed by atoms with E-state index in [0.717, 1.165) is 39.3 Å². The van der Waals surface area contributed by atoms with Crippen LogP contribution in [0.5, 0.6) is 0 Å². The van der Waals surface area contributed by atoms with Crippen LogP contribution >= 0.6 is 0 Å². The van der Waals surface area contributed by atoms with Crippen LogP contribution in [0.2, 0.25) is 0 Å². The summed E-state index contributed by atoms with van der Waals surface area (Å²) in [5, 5.41) is 2.43. The van der Waals surface area contributed by atoms with Gasteiger partial charge in [0.25, 0.3) is 0 Å². The Bertz CT molecular complexity index is 3520. The number of aromatic nitrogens is 4. The predicted molar refractivity (Wildman–Crippen MR) is 261 cm³/mol. The van der Waals surface area contributed by atoms with E-state index in [1.807, 2.05) is 36.4 Å². The molecular formula is C59H39N5. The molecule has 0 saturated carbocycles. The fraction of sp³-hybridized carbons (Fsp3) is 0.0339. The number of hydrogen-bond donors (Lipinski definition) is 0. The van der Waals surface area contributed by atoms with Crippen molar-refractivity contribution in [3.8, 4) is 50.7 Å². The lowest BCUT2D eigenvalue weighted by molar-refractivity contribution is 0.749. The highest BCUT2D eigenvalue weighted by molar-refractivity contribution is 6.10. The average Bonchev–Trinajstić information content (AvgIpc) is 3.85. The van der Waals surface area contributed by atoms with Crippen LogP contribution < -0.4 is 4.90 Å². The SMILES string of the molecule is Cc1ccc(-n2c3ccccc3c3cc(-c4ccc5c(c4)N(c4nc(-c6ccccc6)nc(-c6ccccc6)n4)c4ccccc4C54c5ccccc5-c5ccccc54)ccc32)cc1. The van der Waals surface area contributed by atoms with Crippen LogP contribution in [0.25, 0.3) is 72.5 Å². The van der Waals surface area contributed by atoms with Crippen LogP contribution in [0.4, 0.5) is 17.3 Å².